The number of pyridine rings is 1. The third-order valence-electron chi connectivity index (χ3n) is 4.03. The van der Waals surface area contributed by atoms with Crippen molar-refractivity contribution in [2.45, 2.75) is 25.4 Å². The average Bonchev–Trinajstić information content (AvgIpc) is 2.96. The lowest BCUT2D eigenvalue weighted by Crippen LogP contribution is -2.32. The van der Waals surface area contributed by atoms with Gasteiger partial charge in [0.1, 0.15) is 0 Å². The molecule has 27 heavy (non-hydrogen) atoms. The molecule has 1 amide bonds. The lowest BCUT2D eigenvalue weighted by atomic mass is 10.0. The van der Waals surface area contributed by atoms with Gasteiger partial charge in [-0.25, -0.2) is 9.48 Å². The van der Waals surface area contributed by atoms with Crippen molar-refractivity contribution in [1.82, 2.24) is 19.5 Å². The molecule has 8 nitrogen and oxygen atoms in total. The molecule has 140 valence electrons. The summed E-state index contributed by atoms with van der Waals surface area (Å²) in [7, 11) is 0. The maximum Gasteiger partial charge on any atom is 0.350 e. The van der Waals surface area contributed by atoms with Crippen LogP contribution in [0.4, 0.5) is 0 Å². The molecule has 3 rings (SSSR count). The van der Waals surface area contributed by atoms with Crippen LogP contribution in [0.2, 0.25) is 5.02 Å². The topological polar surface area (TPSA) is 106 Å². The SMILES string of the molecule is O=C(O)CC(NC(=O)CCn1nc2ccccn2c1=O)c1ccc(Cl)cc1. The summed E-state index contributed by atoms with van der Waals surface area (Å²) in [6.07, 6.45) is 1.33. The van der Waals surface area contributed by atoms with E-state index in [0.29, 0.717) is 16.2 Å². The number of carboxylic acids is 1. The van der Waals surface area contributed by atoms with Crippen molar-refractivity contribution in [3.63, 3.8) is 0 Å². The van der Waals surface area contributed by atoms with Crippen LogP contribution in [0, 0.1) is 0 Å². The minimum Gasteiger partial charge on any atom is -0.481 e. The fourth-order valence-electron chi connectivity index (χ4n) is 2.71. The molecule has 2 heterocycles. The van der Waals surface area contributed by atoms with Crippen molar-refractivity contribution in [3.8, 4) is 0 Å². The summed E-state index contributed by atoms with van der Waals surface area (Å²) in [5.74, 6) is -1.41. The summed E-state index contributed by atoms with van der Waals surface area (Å²) in [5, 5.41) is 16.5. The number of carbonyl (C=O) groups is 2. The van der Waals surface area contributed by atoms with E-state index in [2.05, 4.69) is 10.4 Å². The van der Waals surface area contributed by atoms with Crippen LogP contribution >= 0.6 is 11.6 Å². The molecule has 2 aromatic heterocycles. The fourth-order valence-corrected chi connectivity index (χ4v) is 2.84. The van der Waals surface area contributed by atoms with Gasteiger partial charge in [-0.2, -0.15) is 0 Å². The van der Waals surface area contributed by atoms with Gasteiger partial charge in [-0.1, -0.05) is 29.8 Å². The second-order valence-electron chi connectivity index (χ2n) is 5.95. The van der Waals surface area contributed by atoms with Gasteiger partial charge in [0.05, 0.1) is 19.0 Å². The molecule has 0 aliphatic heterocycles. The summed E-state index contributed by atoms with van der Waals surface area (Å²) < 4.78 is 2.60. The summed E-state index contributed by atoms with van der Waals surface area (Å²) >= 11 is 5.85. The maximum absolute atomic E-state index is 12.3. The van der Waals surface area contributed by atoms with Crippen molar-refractivity contribution in [2.75, 3.05) is 0 Å². The molecule has 1 atom stereocenters. The Morgan fingerprint density at radius 1 is 1.19 bits per heavy atom. The van der Waals surface area contributed by atoms with E-state index in [0.717, 1.165) is 0 Å². The molecule has 0 saturated carbocycles. The van der Waals surface area contributed by atoms with Crippen LogP contribution in [-0.4, -0.2) is 31.2 Å². The number of carbonyl (C=O) groups excluding carboxylic acids is 1. The number of rotatable bonds is 7. The first-order chi connectivity index (χ1) is 12.9. The molecular formula is C18H17ClN4O4. The zero-order chi connectivity index (χ0) is 19.4. The van der Waals surface area contributed by atoms with Crippen molar-refractivity contribution in [3.05, 3.63) is 69.7 Å². The van der Waals surface area contributed by atoms with Crippen LogP contribution in [0.3, 0.4) is 0 Å². The maximum atomic E-state index is 12.3. The molecule has 0 saturated heterocycles. The van der Waals surface area contributed by atoms with Crippen molar-refractivity contribution in [2.24, 2.45) is 0 Å². The highest BCUT2D eigenvalue weighted by molar-refractivity contribution is 6.30. The summed E-state index contributed by atoms with van der Waals surface area (Å²) in [6, 6.07) is 11.1. The van der Waals surface area contributed by atoms with Crippen LogP contribution in [0.1, 0.15) is 24.4 Å². The fraction of sp³-hybridized carbons (Fsp3) is 0.222. The molecule has 0 aliphatic rings. The monoisotopic (exact) mass is 388 g/mol. The summed E-state index contributed by atoms with van der Waals surface area (Å²) in [4.78, 5) is 35.6. The normalized spacial score (nSPS) is 12.0. The van der Waals surface area contributed by atoms with Gasteiger partial charge in [0.25, 0.3) is 0 Å². The second-order valence-corrected chi connectivity index (χ2v) is 6.39. The lowest BCUT2D eigenvalue weighted by molar-refractivity contribution is -0.137. The van der Waals surface area contributed by atoms with E-state index in [1.165, 1.54) is 9.08 Å². The molecule has 3 aromatic rings. The lowest BCUT2D eigenvalue weighted by Gasteiger charge is -2.17. The Labute approximate surface area is 159 Å². The smallest absolute Gasteiger partial charge is 0.350 e. The van der Waals surface area contributed by atoms with Crippen LogP contribution in [0.15, 0.2) is 53.5 Å². The molecule has 9 heteroatoms. The molecule has 0 bridgehead atoms. The average molecular weight is 389 g/mol. The number of amides is 1. The first-order valence-corrected chi connectivity index (χ1v) is 8.62. The number of aryl methyl sites for hydroxylation is 1. The van der Waals surface area contributed by atoms with Gasteiger partial charge in [0.2, 0.25) is 5.91 Å². The number of aromatic nitrogens is 3. The number of aliphatic carboxylic acids is 1. The first kappa shape index (κ1) is 18.7. The van der Waals surface area contributed by atoms with Crippen LogP contribution in [0.5, 0.6) is 0 Å². The quantitative estimate of drug-likeness (QED) is 0.642. The molecular weight excluding hydrogens is 372 g/mol. The Morgan fingerprint density at radius 3 is 2.59 bits per heavy atom. The second kappa shape index (κ2) is 8.05. The van der Waals surface area contributed by atoms with Crippen LogP contribution < -0.4 is 11.0 Å². The van der Waals surface area contributed by atoms with Crippen LogP contribution in [-0.2, 0) is 16.1 Å². The third-order valence-corrected chi connectivity index (χ3v) is 4.28. The van der Waals surface area contributed by atoms with Crippen molar-refractivity contribution < 1.29 is 14.7 Å². The number of benzene rings is 1. The van der Waals surface area contributed by atoms with E-state index in [9.17, 15) is 14.4 Å². The van der Waals surface area contributed by atoms with Crippen LogP contribution in [0.25, 0.3) is 5.65 Å². The highest BCUT2D eigenvalue weighted by Crippen LogP contribution is 2.19. The van der Waals surface area contributed by atoms with E-state index in [-0.39, 0.29) is 31.0 Å². The molecule has 0 radical (unpaired) electrons. The number of nitrogens with one attached hydrogen (secondary N) is 1. The van der Waals surface area contributed by atoms with Gasteiger partial charge in [0.15, 0.2) is 5.65 Å². The highest BCUT2D eigenvalue weighted by atomic mass is 35.5. The van der Waals surface area contributed by atoms with Crippen molar-refractivity contribution >= 4 is 29.1 Å². The Hall–Kier alpha value is -3.13. The standard InChI is InChI=1S/C18H17ClN4O4/c19-13-6-4-12(5-7-13)14(11-17(25)26)20-16(24)8-10-23-18(27)22-9-2-1-3-15(22)21-23/h1-7,9,14H,8,10-11H2,(H,20,24)(H,25,26). The molecule has 0 fully saturated rings. The Bertz CT molecular complexity index is 1030. The van der Waals surface area contributed by atoms with Gasteiger partial charge in [-0.15, -0.1) is 5.10 Å². The number of hydrogen-bond acceptors (Lipinski definition) is 4. The molecule has 0 aliphatic carbocycles. The van der Waals surface area contributed by atoms with E-state index in [1.54, 1.807) is 48.7 Å². The van der Waals surface area contributed by atoms with Gasteiger partial charge < -0.3 is 10.4 Å². The molecule has 1 unspecified atom stereocenters. The number of halogens is 1. The first-order valence-electron chi connectivity index (χ1n) is 8.25. The van der Waals surface area contributed by atoms with Crippen molar-refractivity contribution in [1.29, 1.82) is 0 Å². The summed E-state index contributed by atoms with van der Waals surface area (Å²) in [6.45, 7) is 0.0900. The highest BCUT2D eigenvalue weighted by Gasteiger charge is 2.18. The minimum atomic E-state index is -1.04. The number of hydrogen-bond donors (Lipinski definition) is 2. The number of nitrogens with zero attached hydrogens (tertiary/aromatic N) is 3. The van der Waals surface area contributed by atoms with E-state index >= 15 is 0 Å². The zero-order valence-electron chi connectivity index (χ0n) is 14.2. The molecule has 0 spiro atoms. The Morgan fingerprint density at radius 2 is 1.93 bits per heavy atom. The Kier molecular flexibility index (Phi) is 5.56. The van der Waals surface area contributed by atoms with Gasteiger partial charge in [-0.05, 0) is 29.8 Å². The minimum absolute atomic E-state index is 0.00645. The predicted octanol–water partition coefficient (Wildman–Crippen LogP) is 1.87. The molecule has 1 aromatic carbocycles. The number of fused-ring (bicyclic) bond motifs is 1. The number of carboxylic acid groups (broad SMARTS) is 1. The van der Waals surface area contributed by atoms with E-state index in [1.807, 2.05) is 0 Å². The molecule has 2 N–H and O–H groups in total. The van der Waals surface area contributed by atoms with E-state index in [4.69, 9.17) is 16.7 Å². The van der Waals surface area contributed by atoms with Gasteiger partial charge in [-0.3, -0.25) is 14.0 Å². The zero-order valence-corrected chi connectivity index (χ0v) is 15.0. The van der Waals surface area contributed by atoms with Gasteiger partial charge >= 0.3 is 11.7 Å². The predicted molar refractivity (Wildman–Crippen MR) is 98.7 cm³/mol. The Balaban J connectivity index is 1.68. The van der Waals surface area contributed by atoms with E-state index < -0.39 is 12.0 Å². The largest absolute Gasteiger partial charge is 0.481 e. The van der Waals surface area contributed by atoms with Gasteiger partial charge in [0, 0.05) is 17.6 Å². The third kappa shape index (κ3) is 4.53. The summed E-state index contributed by atoms with van der Waals surface area (Å²) in [5.41, 5.74) is 0.797.